The van der Waals surface area contributed by atoms with Crippen molar-refractivity contribution in [1.82, 2.24) is 4.90 Å². The van der Waals surface area contributed by atoms with Crippen LogP contribution in [0.5, 0.6) is 0 Å². The quantitative estimate of drug-likeness (QED) is 0.681. The van der Waals surface area contributed by atoms with Gasteiger partial charge in [0.2, 0.25) is 0 Å². The van der Waals surface area contributed by atoms with Crippen LogP contribution in [0, 0.1) is 0 Å². The summed E-state index contributed by atoms with van der Waals surface area (Å²) in [5.74, 6) is 0. The van der Waals surface area contributed by atoms with Crippen LogP contribution >= 0.6 is 0 Å². The van der Waals surface area contributed by atoms with Crippen molar-refractivity contribution >= 4 is 5.69 Å². The topological polar surface area (TPSA) is 69.7 Å². The van der Waals surface area contributed by atoms with E-state index in [1.165, 1.54) is 12.1 Å². The van der Waals surface area contributed by atoms with Gasteiger partial charge in [0, 0.05) is 25.3 Å². The molecular weight excluding hydrogens is 261 g/mol. The molecule has 1 aromatic rings. The maximum Gasteiger partial charge on any atom is 0.416 e. The van der Waals surface area contributed by atoms with E-state index < -0.39 is 11.7 Å². The first kappa shape index (κ1) is 15.7. The SMILES string of the molecule is Nc1ccc(CN(CCO)CCO)c(C(F)(F)F)c1. The van der Waals surface area contributed by atoms with Crippen molar-refractivity contribution < 1.29 is 23.4 Å². The molecule has 0 radical (unpaired) electrons. The summed E-state index contributed by atoms with van der Waals surface area (Å²) in [5, 5.41) is 17.7. The van der Waals surface area contributed by atoms with Gasteiger partial charge in [-0.25, -0.2) is 0 Å². The van der Waals surface area contributed by atoms with Crippen LogP contribution in [0.3, 0.4) is 0 Å². The van der Waals surface area contributed by atoms with Crippen LogP contribution in [-0.2, 0) is 12.7 Å². The van der Waals surface area contributed by atoms with E-state index >= 15 is 0 Å². The van der Waals surface area contributed by atoms with Crippen LogP contribution in [0.25, 0.3) is 0 Å². The minimum absolute atomic E-state index is 0.00373. The molecule has 0 unspecified atom stereocenters. The van der Waals surface area contributed by atoms with E-state index in [1.807, 2.05) is 0 Å². The predicted molar refractivity (Wildman–Crippen MR) is 65.3 cm³/mol. The number of nitrogens with two attached hydrogens (primary N) is 1. The molecule has 4 N–H and O–H groups in total. The first-order chi connectivity index (χ1) is 8.88. The third kappa shape index (κ3) is 4.70. The van der Waals surface area contributed by atoms with Crippen molar-refractivity contribution in [2.45, 2.75) is 12.7 Å². The highest BCUT2D eigenvalue weighted by Gasteiger charge is 2.33. The van der Waals surface area contributed by atoms with E-state index in [1.54, 1.807) is 4.90 Å². The zero-order valence-corrected chi connectivity index (χ0v) is 10.3. The van der Waals surface area contributed by atoms with Crippen molar-refractivity contribution in [3.63, 3.8) is 0 Å². The van der Waals surface area contributed by atoms with Gasteiger partial charge in [0.25, 0.3) is 0 Å². The number of hydrogen-bond acceptors (Lipinski definition) is 4. The molecule has 0 heterocycles. The van der Waals surface area contributed by atoms with Gasteiger partial charge in [-0.2, -0.15) is 13.2 Å². The molecule has 0 bridgehead atoms. The molecule has 19 heavy (non-hydrogen) atoms. The normalized spacial score (nSPS) is 12.1. The van der Waals surface area contributed by atoms with Gasteiger partial charge in [0.05, 0.1) is 18.8 Å². The molecular formula is C12H17F3N2O2. The van der Waals surface area contributed by atoms with E-state index in [0.29, 0.717) is 0 Å². The second kappa shape index (κ2) is 6.74. The summed E-state index contributed by atoms with van der Waals surface area (Å²) in [6.07, 6.45) is -4.48. The summed E-state index contributed by atoms with van der Waals surface area (Å²) in [5.41, 5.74) is 4.72. The molecule has 0 saturated carbocycles. The van der Waals surface area contributed by atoms with Crippen LogP contribution < -0.4 is 5.73 Å². The van der Waals surface area contributed by atoms with Crippen molar-refractivity contribution in [3.05, 3.63) is 29.3 Å². The first-order valence-corrected chi connectivity index (χ1v) is 5.78. The Bertz CT molecular complexity index is 404. The summed E-state index contributed by atoms with van der Waals surface area (Å²) < 4.78 is 38.6. The van der Waals surface area contributed by atoms with Gasteiger partial charge in [-0.15, -0.1) is 0 Å². The van der Waals surface area contributed by atoms with E-state index in [4.69, 9.17) is 15.9 Å². The molecule has 0 aliphatic rings. The Kier molecular flexibility index (Phi) is 5.59. The molecule has 1 rings (SSSR count). The fourth-order valence-corrected chi connectivity index (χ4v) is 1.79. The number of anilines is 1. The molecule has 1 aromatic carbocycles. The fraction of sp³-hybridized carbons (Fsp3) is 0.500. The third-order valence-corrected chi connectivity index (χ3v) is 2.67. The number of alkyl halides is 3. The third-order valence-electron chi connectivity index (χ3n) is 2.67. The van der Waals surface area contributed by atoms with Gasteiger partial charge in [-0.1, -0.05) is 6.07 Å². The molecule has 0 fully saturated rings. The summed E-state index contributed by atoms with van der Waals surface area (Å²) >= 11 is 0. The van der Waals surface area contributed by atoms with Crippen LogP contribution in [0.2, 0.25) is 0 Å². The van der Waals surface area contributed by atoms with Gasteiger partial charge in [0.15, 0.2) is 0 Å². The van der Waals surface area contributed by atoms with Crippen molar-refractivity contribution in [1.29, 1.82) is 0 Å². The highest BCUT2D eigenvalue weighted by molar-refractivity contribution is 5.46. The smallest absolute Gasteiger partial charge is 0.399 e. The van der Waals surface area contributed by atoms with Crippen LogP contribution in [-0.4, -0.2) is 41.4 Å². The highest BCUT2D eigenvalue weighted by atomic mass is 19.4. The molecule has 108 valence electrons. The molecule has 0 aliphatic carbocycles. The second-order valence-electron chi connectivity index (χ2n) is 4.14. The lowest BCUT2D eigenvalue weighted by Crippen LogP contribution is -2.30. The van der Waals surface area contributed by atoms with E-state index in [-0.39, 0.29) is 44.1 Å². The molecule has 0 atom stereocenters. The number of nitrogens with zero attached hydrogens (tertiary/aromatic N) is 1. The van der Waals surface area contributed by atoms with E-state index in [9.17, 15) is 13.2 Å². The van der Waals surface area contributed by atoms with E-state index in [0.717, 1.165) is 6.07 Å². The van der Waals surface area contributed by atoms with Gasteiger partial charge >= 0.3 is 6.18 Å². The van der Waals surface area contributed by atoms with Gasteiger partial charge in [-0.05, 0) is 17.7 Å². The fourth-order valence-electron chi connectivity index (χ4n) is 1.79. The van der Waals surface area contributed by atoms with Crippen LogP contribution in [0.4, 0.5) is 18.9 Å². The molecule has 0 amide bonds. The monoisotopic (exact) mass is 278 g/mol. The largest absolute Gasteiger partial charge is 0.416 e. The zero-order chi connectivity index (χ0) is 14.5. The molecule has 4 nitrogen and oxygen atoms in total. The average molecular weight is 278 g/mol. The number of benzene rings is 1. The van der Waals surface area contributed by atoms with Crippen molar-refractivity contribution in [3.8, 4) is 0 Å². The van der Waals surface area contributed by atoms with E-state index in [2.05, 4.69) is 0 Å². The lowest BCUT2D eigenvalue weighted by Gasteiger charge is -2.22. The second-order valence-corrected chi connectivity index (χ2v) is 4.14. The van der Waals surface area contributed by atoms with Crippen molar-refractivity contribution in [2.75, 3.05) is 32.0 Å². The number of hydrogen-bond donors (Lipinski definition) is 3. The number of halogens is 3. The summed E-state index contributed by atoms with van der Waals surface area (Å²) in [6, 6.07) is 3.62. The average Bonchev–Trinajstić information content (AvgIpc) is 2.31. The summed E-state index contributed by atoms with van der Waals surface area (Å²) in [6.45, 7) is 0.0212. The lowest BCUT2D eigenvalue weighted by atomic mass is 10.1. The lowest BCUT2D eigenvalue weighted by molar-refractivity contribution is -0.138. The molecule has 0 aromatic heterocycles. The molecule has 7 heteroatoms. The number of aliphatic hydroxyl groups excluding tert-OH is 2. The predicted octanol–water partition coefficient (Wildman–Crippen LogP) is 1.07. The number of nitrogen functional groups attached to an aromatic ring is 1. The highest BCUT2D eigenvalue weighted by Crippen LogP contribution is 2.33. The Hall–Kier alpha value is -1.31. The molecule has 0 spiro atoms. The Balaban J connectivity index is 2.98. The Labute approximate surface area is 109 Å². The minimum Gasteiger partial charge on any atom is -0.399 e. The Morgan fingerprint density at radius 2 is 1.68 bits per heavy atom. The van der Waals surface area contributed by atoms with Crippen molar-refractivity contribution in [2.24, 2.45) is 0 Å². The summed E-state index contributed by atoms with van der Waals surface area (Å²) in [4.78, 5) is 1.54. The number of aliphatic hydroxyl groups is 2. The zero-order valence-electron chi connectivity index (χ0n) is 10.3. The molecule has 0 saturated heterocycles. The summed E-state index contributed by atoms with van der Waals surface area (Å²) in [7, 11) is 0. The minimum atomic E-state index is -4.48. The van der Waals surface area contributed by atoms with Gasteiger partial charge in [0.1, 0.15) is 0 Å². The van der Waals surface area contributed by atoms with Gasteiger partial charge < -0.3 is 15.9 Å². The Morgan fingerprint density at radius 3 is 2.16 bits per heavy atom. The standard InChI is InChI=1S/C12H17F3N2O2/c13-12(14,15)11-7-10(16)2-1-9(11)8-17(3-5-18)4-6-19/h1-2,7,18-19H,3-6,8,16H2. The maximum atomic E-state index is 12.9. The van der Waals surface area contributed by atoms with Gasteiger partial charge in [-0.3, -0.25) is 4.90 Å². The molecule has 0 aliphatic heterocycles. The van der Waals surface area contributed by atoms with Crippen LogP contribution in [0.1, 0.15) is 11.1 Å². The van der Waals surface area contributed by atoms with Crippen LogP contribution in [0.15, 0.2) is 18.2 Å². The maximum absolute atomic E-state index is 12.9. The first-order valence-electron chi connectivity index (χ1n) is 5.78. The Morgan fingerprint density at radius 1 is 1.11 bits per heavy atom. The number of rotatable bonds is 6.